The van der Waals surface area contributed by atoms with Gasteiger partial charge >= 0.3 is 0 Å². The number of ether oxygens (including phenoxy) is 3. The molecule has 0 saturated carbocycles. The number of methoxy groups -OCH3 is 3. The average molecular weight is 522 g/mol. The largest absolute Gasteiger partial charge is 0.507 e. The average Bonchev–Trinajstić information content (AvgIpc) is 3.08. The molecule has 0 spiro atoms. The first kappa shape index (κ1) is 26.9. The van der Waals surface area contributed by atoms with Crippen molar-refractivity contribution in [3.63, 3.8) is 0 Å². The fourth-order valence-electron chi connectivity index (χ4n) is 4.19. The number of carbonyl (C=O) groups is 2. The van der Waals surface area contributed by atoms with Gasteiger partial charge in [0.05, 0.1) is 36.4 Å². The Morgan fingerprint density at radius 3 is 2.23 bits per heavy atom. The molecule has 1 heterocycles. The van der Waals surface area contributed by atoms with Crippen LogP contribution in [-0.4, -0.2) is 56.2 Å². The van der Waals surface area contributed by atoms with Gasteiger partial charge in [-0.25, -0.2) is 0 Å². The smallest absolute Gasteiger partial charge is 0.295 e. The van der Waals surface area contributed by atoms with Crippen molar-refractivity contribution in [3.05, 3.63) is 62.6 Å². The molecule has 1 aliphatic rings. The highest BCUT2D eigenvalue weighted by Gasteiger charge is 2.46. The summed E-state index contributed by atoms with van der Waals surface area (Å²) in [5.74, 6) is -1.38. The van der Waals surface area contributed by atoms with Crippen molar-refractivity contribution in [1.82, 2.24) is 4.90 Å². The zero-order valence-electron chi connectivity index (χ0n) is 20.4. The number of aliphatic hydroxyl groups excluding tert-OH is 1. The summed E-state index contributed by atoms with van der Waals surface area (Å²) in [5.41, 5.74) is 1.82. The van der Waals surface area contributed by atoms with Crippen LogP contribution in [0.15, 0.2) is 35.9 Å². The van der Waals surface area contributed by atoms with E-state index >= 15 is 0 Å². The van der Waals surface area contributed by atoms with Crippen molar-refractivity contribution < 1.29 is 28.9 Å². The fourth-order valence-corrected chi connectivity index (χ4v) is 4.88. The summed E-state index contributed by atoms with van der Waals surface area (Å²) in [6, 6.07) is 8.24. The molecule has 7 nitrogen and oxygen atoms in total. The van der Waals surface area contributed by atoms with Crippen LogP contribution in [0.1, 0.15) is 48.9 Å². The monoisotopic (exact) mass is 521 g/mol. The number of nitrogens with zero attached hydrogens (tertiary/aromatic N) is 1. The molecule has 2 aromatic carbocycles. The second kappa shape index (κ2) is 11.3. The van der Waals surface area contributed by atoms with Gasteiger partial charge in [-0.3, -0.25) is 9.59 Å². The van der Waals surface area contributed by atoms with Crippen LogP contribution < -0.4 is 9.47 Å². The molecule has 1 unspecified atom stereocenters. The number of amides is 1. The van der Waals surface area contributed by atoms with Crippen molar-refractivity contribution >= 4 is 40.7 Å². The maximum Gasteiger partial charge on any atom is 0.295 e. The van der Waals surface area contributed by atoms with Crippen molar-refractivity contribution in [2.45, 2.75) is 32.2 Å². The molecular formula is C26H29Cl2NO6. The summed E-state index contributed by atoms with van der Waals surface area (Å²) in [4.78, 5) is 27.8. The van der Waals surface area contributed by atoms with Crippen LogP contribution in [0.2, 0.25) is 10.0 Å². The van der Waals surface area contributed by atoms with E-state index in [9.17, 15) is 14.7 Å². The van der Waals surface area contributed by atoms with Crippen molar-refractivity contribution in [2.75, 3.05) is 34.5 Å². The number of hydrogen-bond acceptors (Lipinski definition) is 6. The van der Waals surface area contributed by atoms with Gasteiger partial charge in [-0.15, -0.1) is 0 Å². The normalized spacial score (nSPS) is 17.4. The number of hydrogen-bond donors (Lipinski definition) is 1. The van der Waals surface area contributed by atoms with E-state index in [0.717, 1.165) is 5.56 Å². The molecule has 9 heteroatoms. The van der Waals surface area contributed by atoms with Gasteiger partial charge in [-0.1, -0.05) is 61.3 Å². The van der Waals surface area contributed by atoms with Crippen LogP contribution in [0.4, 0.5) is 0 Å². The van der Waals surface area contributed by atoms with E-state index in [4.69, 9.17) is 37.4 Å². The first-order valence-corrected chi connectivity index (χ1v) is 11.9. The van der Waals surface area contributed by atoms with Crippen LogP contribution in [0.3, 0.4) is 0 Å². The number of rotatable bonds is 9. The van der Waals surface area contributed by atoms with E-state index in [0.29, 0.717) is 24.5 Å². The molecule has 3 rings (SSSR count). The Morgan fingerprint density at radius 1 is 1.06 bits per heavy atom. The molecule has 35 heavy (non-hydrogen) atoms. The number of Topliss-reactive ketones (excluding diaryl/α,β-unsaturated/α-hetero) is 1. The summed E-state index contributed by atoms with van der Waals surface area (Å²) < 4.78 is 15.8. The van der Waals surface area contributed by atoms with Crippen LogP contribution in [0.25, 0.3) is 5.76 Å². The third-order valence-corrected chi connectivity index (χ3v) is 6.63. The topological polar surface area (TPSA) is 85.3 Å². The molecule has 1 N–H and O–H groups in total. The van der Waals surface area contributed by atoms with Crippen LogP contribution in [0, 0.1) is 0 Å². The second-order valence-electron chi connectivity index (χ2n) is 8.45. The van der Waals surface area contributed by atoms with Crippen LogP contribution in [-0.2, 0) is 14.3 Å². The Kier molecular flexibility index (Phi) is 8.70. The van der Waals surface area contributed by atoms with Gasteiger partial charge in [0, 0.05) is 20.3 Å². The zero-order chi connectivity index (χ0) is 25.9. The molecular weight excluding hydrogens is 493 g/mol. The Hall–Kier alpha value is -2.74. The molecule has 2 aromatic rings. The van der Waals surface area contributed by atoms with Gasteiger partial charge in [0.2, 0.25) is 0 Å². The number of benzene rings is 2. The Labute approximate surface area is 215 Å². The Morgan fingerprint density at radius 2 is 1.69 bits per heavy atom. The van der Waals surface area contributed by atoms with Gasteiger partial charge in [-0.05, 0) is 29.5 Å². The molecule has 188 valence electrons. The van der Waals surface area contributed by atoms with E-state index in [2.05, 4.69) is 13.8 Å². The predicted molar refractivity (Wildman–Crippen MR) is 136 cm³/mol. The number of carbonyl (C=O) groups excluding carboxylic acids is 2. The quantitative estimate of drug-likeness (QED) is 0.200. The summed E-state index contributed by atoms with van der Waals surface area (Å²) in [7, 11) is 4.34. The third kappa shape index (κ3) is 5.13. The van der Waals surface area contributed by atoms with Crippen LogP contribution in [0.5, 0.6) is 11.5 Å². The standard InChI is InChI=1S/C26H29Cl2NO6/c1-14(2)15-7-9-16(10-8-15)21-19(23(31)26(32)29(21)11-6-12-33-3)22(30)17-13-18(27)25(35-5)20(28)24(17)34-4/h7-10,13-14,21,30H,6,11-12H2,1-5H3/b22-19+. The van der Waals surface area contributed by atoms with E-state index in [-0.39, 0.29) is 39.2 Å². The first-order valence-electron chi connectivity index (χ1n) is 11.1. The van der Waals surface area contributed by atoms with E-state index in [1.54, 1.807) is 7.11 Å². The highest BCUT2D eigenvalue weighted by Crippen LogP contribution is 2.47. The van der Waals surface area contributed by atoms with E-state index in [1.165, 1.54) is 25.2 Å². The minimum Gasteiger partial charge on any atom is -0.507 e. The molecule has 1 aliphatic heterocycles. The summed E-state index contributed by atoms with van der Waals surface area (Å²) >= 11 is 12.7. The van der Waals surface area contributed by atoms with Crippen molar-refractivity contribution in [1.29, 1.82) is 0 Å². The maximum atomic E-state index is 13.2. The number of halogens is 2. The van der Waals surface area contributed by atoms with Gasteiger partial charge in [0.1, 0.15) is 10.8 Å². The number of likely N-dealkylation sites (tertiary alicyclic amines) is 1. The number of aliphatic hydroxyl groups is 1. The fraction of sp³-hybridized carbons (Fsp3) is 0.385. The van der Waals surface area contributed by atoms with E-state index < -0.39 is 23.5 Å². The first-order chi connectivity index (χ1) is 16.7. The molecule has 1 saturated heterocycles. The summed E-state index contributed by atoms with van der Waals surface area (Å²) in [6.07, 6.45) is 0.521. The van der Waals surface area contributed by atoms with Gasteiger partial charge in [0.25, 0.3) is 11.7 Å². The molecule has 0 aliphatic carbocycles. The lowest BCUT2D eigenvalue weighted by Gasteiger charge is -2.26. The lowest BCUT2D eigenvalue weighted by atomic mass is 9.93. The van der Waals surface area contributed by atoms with Crippen LogP contribution >= 0.6 is 23.2 Å². The molecule has 1 fully saturated rings. The second-order valence-corrected chi connectivity index (χ2v) is 9.23. The predicted octanol–water partition coefficient (Wildman–Crippen LogP) is 5.59. The minimum atomic E-state index is -0.808. The van der Waals surface area contributed by atoms with Gasteiger partial charge in [-0.2, -0.15) is 0 Å². The maximum absolute atomic E-state index is 13.2. The summed E-state index contributed by atoms with van der Waals surface area (Å²) in [5, 5.41) is 11.6. The molecule has 0 aromatic heterocycles. The Bertz CT molecular complexity index is 1140. The highest BCUT2D eigenvalue weighted by molar-refractivity contribution is 6.47. The van der Waals surface area contributed by atoms with Crippen molar-refractivity contribution in [2.24, 2.45) is 0 Å². The van der Waals surface area contributed by atoms with Crippen molar-refractivity contribution in [3.8, 4) is 11.5 Å². The van der Waals surface area contributed by atoms with Gasteiger partial charge in [0.15, 0.2) is 11.5 Å². The molecule has 1 amide bonds. The minimum absolute atomic E-state index is 0.0382. The molecule has 0 radical (unpaired) electrons. The SMILES string of the molecule is COCCCN1C(=O)C(=O)/C(=C(/O)c2cc(Cl)c(OC)c(Cl)c2OC)C1c1ccc(C(C)C)cc1. The van der Waals surface area contributed by atoms with Gasteiger partial charge < -0.3 is 24.2 Å². The lowest BCUT2D eigenvalue weighted by molar-refractivity contribution is -0.140. The molecule has 0 bridgehead atoms. The zero-order valence-corrected chi connectivity index (χ0v) is 21.9. The summed E-state index contributed by atoms with van der Waals surface area (Å²) in [6.45, 7) is 4.84. The third-order valence-electron chi connectivity index (χ3n) is 6.00. The molecule has 1 atom stereocenters. The van der Waals surface area contributed by atoms with E-state index in [1.807, 2.05) is 24.3 Å². The number of ketones is 1. The highest BCUT2D eigenvalue weighted by atomic mass is 35.5. The Balaban J connectivity index is 2.24. The lowest BCUT2D eigenvalue weighted by Crippen LogP contribution is -2.31.